The van der Waals surface area contributed by atoms with Crippen LogP contribution in [0.15, 0.2) is 67.6 Å². The molecule has 0 fully saturated rings. The second kappa shape index (κ2) is 15.2. The summed E-state index contributed by atoms with van der Waals surface area (Å²) in [4.78, 5) is 30.4. The first-order valence-corrected chi connectivity index (χ1v) is 19.2. The van der Waals surface area contributed by atoms with Crippen molar-refractivity contribution in [3.8, 4) is 0 Å². The summed E-state index contributed by atoms with van der Waals surface area (Å²) in [7, 11) is -8.68. The predicted molar refractivity (Wildman–Crippen MR) is 189 cm³/mol. The lowest BCUT2D eigenvalue weighted by Gasteiger charge is -2.23. The second-order valence-electron chi connectivity index (χ2n) is 15.3. The predicted octanol–water partition coefficient (Wildman–Crippen LogP) is 7.15. The topological polar surface area (TPSA) is 204 Å². The Bertz CT molecular complexity index is 2110. The summed E-state index contributed by atoms with van der Waals surface area (Å²) in [5, 5.41) is 12.1. The average Bonchev–Trinajstić information content (AvgIpc) is 3.74. The third kappa shape index (κ3) is 9.92. The Morgan fingerprint density at radius 2 is 0.857 bits per heavy atom. The SMILES string of the molecule is CC(C)(C)c1cc(NC(=O)C(C)(C)S(=O)(=O)c2ccc(C(F)(F)F)nc2)no1.CC(C)(C)c1cc(NC(=O)C(C)(C)S(=O)(=O)c2ccc(C(F)(F)F)nc2)no1. The number of amides is 2. The van der Waals surface area contributed by atoms with Crippen LogP contribution in [0.5, 0.6) is 0 Å². The van der Waals surface area contributed by atoms with E-state index in [1.165, 1.54) is 12.1 Å². The van der Waals surface area contributed by atoms with E-state index in [9.17, 15) is 52.8 Å². The average molecular weight is 839 g/mol. The zero-order valence-electron chi connectivity index (χ0n) is 31.8. The first-order chi connectivity index (χ1) is 25.1. The van der Waals surface area contributed by atoms with Crippen LogP contribution in [0.4, 0.5) is 38.0 Å². The van der Waals surface area contributed by atoms with Gasteiger partial charge in [-0.2, -0.15) is 26.3 Å². The molecule has 14 nitrogen and oxygen atoms in total. The van der Waals surface area contributed by atoms with Crippen LogP contribution >= 0.6 is 0 Å². The van der Waals surface area contributed by atoms with Gasteiger partial charge in [0.05, 0.1) is 9.79 Å². The van der Waals surface area contributed by atoms with Crippen molar-refractivity contribution in [3.63, 3.8) is 0 Å². The van der Waals surface area contributed by atoms with Gasteiger partial charge in [0.15, 0.2) is 31.3 Å². The fourth-order valence-corrected chi connectivity index (χ4v) is 6.80. The third-order valence-electron chi connectivity index (χ3n) is 8.09. The summed E-state index contributed by atoms with van der Waals surface area (Å²) in [5.74, 6) is -0.805. The summed E-state index contributed by atoms with van der Waals surface area (Å²) >= 11 is 0. The van der Waals surface area contributed by atoms with Gasteiger partial charge in [-0.25, -0.2) is 16.8 Å². The van der Waals surface area contributed by atoms with Crippen molar-refractivity contribution in [1.82, 2.24) is 20.3 Å². The molecule has 0 unspecified atom stereocenters. The Kier molecular flexibility index (Phi) is 12.4. The molecule has 4 aromatic rings. The molecule has 0 radical (unpaired) electrons. The van der Waals surface area contributed by atoms with Gasteiger partial charge in [0.2, 0.25) is 11.8 Å². The molecule has 0 aliphatic rings. The highest BCUT2D eigenvalue weighted by molar-refractivity contribution is 7.94. The van der Waals surface area contributed by atoms with Gasteiger partial charge in [-0.15, -0.1) is 0 Å². The summed E-state index contributed by atoms with van der Waals surface area (Å²) in [5.41, 5.74) is -3.20. The van der Waals surface area contributed by atoms with Gasteiger partial charge in [-0.3, -0.25) is 19.6 Å². The van der Waals surface area contributed by atoms with E-state index in [1.807, 2.05) is 41.5 Å². The van der Waals surface area contributed by atoms with Crippen molar-refractivity contribution in [2.45, 2.75) is 112 Å². The van der Waals surface area contributed by atoms with E-state index in [0.717, 1.165) is 39.8 Å². The molecule has 0 saturated heterocycles. The number of carbonyl (C=O) groups excluding carboxylic acids is 2. The highest BCUT2D eigenvalue weighted by atomic mass is 32.2. The lowest BCUT2D eigenvalue weighted by molar-refractivity contribution is -0.142. The van der Waals surface area contributed by atoms with Gasteiger partial charge in [0.25, 0.3) is 0 Å². The number of nitrogens with zero attached hydrogens (tertiary/aromatic N) is 4. The van der Waals surface area contributed by atoms with Gasteiger partial charge >= 0.3 is 12.4 Å². The fraction of sp³-hybridized carbons (Fsp3) is 0.471. The molecule has 0 saturated carbocycles. The van der Waals surface area contributed by atoms with Crippen LogP contribution in [0.1, 0.15) is 92.1 Å². The molecule has 0 atom stereocenters. The number of alkyl halides is 6. The van der Waals surface area contributed by atoms with E-state index in [-0.39, 0.29) is 22.5 Å². The molecule has 4 aromatic heterocycles. The summed E-state index contributed by atoms with van der Waals surface area (Å²) in [6.07, 6.45) is -8.23. The number of halogens is 6. The van der Waals surface area contributed by atoms with Crippen LogP contribution in [0.3, 0.4) is 0 Å². The monoisotopic (exact) mass is 838 g/mol. The molecule has 0 aromatic carbocycles. The Morgan fingerprint density at radius 1 is 0.554 bits per heavy atom. The van der Waals surface area contributed by atoms with Gasteiger partial charge in [0, 0.05) is 35.4 Å². The zero-order valence-corrected chi connectivity index (χ0v) is 33.4. The van der Waals surface area contributed by atoms with Crippen LogP contribution < -0.4 is 10.6 Å². The maximum absolute atomic E-state index is 12.8. The van der Waals surface area contributed by atoms with Crippen molar-refractivity contribution in [2.24, 2.45) is 0 Å². The lowest BCUT2D eigenvalue weighted by Crippen LogP contribution is -2.44. The maximum atomic E-state index is 12.8. The number of rotatable bonds is 8. The molecular formula is C34H40F6N6O8S2. The summed E-state index contributed by atoms with van der Waals surface area (Å²) in [6, 6.07) is 5.59. The smallest absolute Gasteiger partial charge is 0.359 e. The second-order valence-corrected chi connectivity index (χ2v) is 20.3. The molecule has 0 spiro atoms. The maximum Gasteiger partial charge on any atom is 0.433 e. The molecule has 4 heterocycles. The Hall–Kier alpha value is -4.86. The molecule has 0 bridgehead atoms. The zero-order chi connectivity index (χ0) is 43.1. The largest absolute Gasteiger partial charge is 0.433 e. The van der Waals surface area contributed by atoms with Gasteiger partial charge < -0.3 is 19.7 Å². The number of hydrogen-bond donors (Lipinski definition) is 2. The van der Waals surface area contributed by atoms with Gasteiger partial charge in [-0.05, 0) is 52.0 Å². The van der Waals surface area contributed by atoms with Crippen molar-refractivity contribution >= 4 is 43.1 Å². The van der Waals surface area contributed by atoms with E-state index in [1.54, 1.807) is 0 Å². The number of carbonyl (C=O) groups is 2. The minimum absolute atomic E-state index is 0.0312. The van der Waals surface area contributed by atoms with E-state index >= 15 is 0 Å². The fourth-order valence-electron chi connectivity index (χ4n) is 4.16. The van der Waals surface area contributed by atoms with Crippen molar-refractivity contribution in [3.05, 3.63) is 71.7 Å². The van der Waals surface area contributed by atoms with E-state index in [4.69, 9.17) is 9.05 Å². The molecule has 0 aliphatic carbocycles. The Morgan fingerprint density at radius 3 is 1.07 bits per heavy atom. The minimum Gasteiger partial charge on any atom is -0.359 e. The lowest BCUT2D eigenvalue weighted by atomic mass is 9.93. The number of sulfone groups is 2. The normalized spacial score (nSPS) is 13.4. The summed E-state index contributed by atoms with van der Waals surface area (Å²) < 4.78 is 133. The van der Waals surface area contributed by atoms with E-state index < -0.39 is 74.5 Å². The molecule has 56 heavy (non-hydrogen) atoms. The van der Waals surface area contributed by atoms with Crippen molar-refractivity contribution < 1.29 is 61.8 Å². The molecule has 4 rings (SSSR count). The number of anilines is 2. The Balaban J connectivity index is 0.000000300. The van der Waals surface area contributed by atoms with E-state index in [2.05, 4.69) is 30.9 Å². The van der Waals surface area contributed by atoms with Crippen LogP contribution in [0.2, 0.25) is 0 Å². The molecule has 22 heteroatoms. The third-order valence-corrected chi connectivity index (χ3v) is 12.9. The van der Waals surface area contributed by atoms with Crippen LogP contribution in [-0.2, 0) is 52.4 Å². The first-order valence-electron chi connectivity index (χ1n) is 16.3. The van der Waals surface area contributed by atoms with E-state index in [0.29, 0.717) is 36.0 Å². The standard InChI is InChI=1S/2C17H20F3N3O4S/c2*1-15(2,3)12-8-13(23-27-12)22-14(24)16(4,5)28(25,26)10-6-7-11(21-9-10)17(18,19)20/h2*6-9H,1-5H3,(H,22,23,24). The van der Waals surface area contributed by atoms with Gasteiger partial charge in [0.1, 0.15) is 32.4 Å². The molecule has 2 amide bonds. The van der Waals surface area contributed by atoms with Crippen LogP contribution in [0, 0.1) is 0 Å². The quantitative estimate of drug-likeness (QED) is 0.170. The highest BCUT2D eigenvalue weighted by Crippen LogP contribution is 2.33. The highest BCUT2D eigenvalue weighted by Gasteiger charge is 2.45. The minimum atomic E-state index is -4.70. The molecule has 308 valence electrons. The molecular weight excluding hydrogens is 799 g/mol. The molecule has 0 aliphatic heterocycles. The number of aromatic nitrogens is 4. The van der Waals surface area contributed by atoms with Crippen LogP contribution in [0.25, 0.3) is 0 Å². The van der Waals surface area contributed by atoms with Crippen molar-refractivity contribution in [2.75, 3.05) is 10.6 Å². The van der Waals surface area contributed by atoms with Gasteiger partial charge in [-0.1, -0.05) is 51.9 Å². The number of hydrogen-bond acceptors (Lipinski definition) is 12. The molecule has 2 N–H and O–H groups in total. The number of pyridine rings is 2. The van der Waals surface area contributed by atoms with Crippen molar-refractivity contribution in [1.29, 1.82) is 0 Å². The number of nitrogens with one attached hydrogen (secondary N) is 2. The van der Waals surface area contributed by atoms with Crippen LogP contribution in [-0.4, -0.2) is 58.4 Å². The first kappa shape index (κ1) is 45.5. The summed E-state index contributed by atoms with van der Waals surface area (Å²) in [6.45, 7) is 15.8. The Labute approximate surface area is 318 Å².